The minimum atomic E-state index is -0.731. The van der Waals surface area contributed by atoms with Gasteiger partial charge in [0.05, 0.1) is 12.2 Å². The van der Waals surface area contributed by atoms with E-state index < -0.39 is 12.1 Å². The average molecular weight is 250 g/mol. The van der Waals surface area contributed by atoms with Crippen LogP contribution in [0.3, 0.4) is 0 Å². The molecule has 0 heterocycles. The molecule has 0 bridgehead atoms. The van der Waals surface area contributed by atoms with Crippen LogP contribution in [0.5, 0.6) is 5.75 Å². The first kappa shape index (κ1) is 14.2. The van der Waals surface area contributed by atoms with Gasteiger partial charge in [-0.25, -0.2) is 4.79 Å². The van der Waals surface area contributed by atoms with Crippen molar-refractivity contribution in [3.05, 3.63) is 29.3 Å². The molecule has 1 rings (SSSR count). The molecule has 0 saturated carbocycles. The molecule has 1 atom stereocenters. The molecule has 1 aromatic carbocycles. The Morgan fingerprint density at radius 2 is 2.00 bits per heavy atom. The summed E-state index contributed by atoms with van der Waals surface area (Å²) in [4.78, 5) is 23.0. The first-order chi connectivity index (χ1) is 8.45. The van der Waals surface area contributed by atoms with Crippen LogP contribution in [0.15, 0.2) is 18.2 Å². The summed E-state index contributed by atoms with van der Waals surface area (Å²) in [6.07, 6.45) is -0.731. The largest absolute Gasteiger partial charge is 0.478 e. The van der Waals surface area contributed by atoms with E-state index in [0.717, 1.165) is 5.56 Å². The van der Waals surface area contributed by atoms with Gasteiger partial charge in [0.1, 0.15) is 5.75 Å². The van der Waals surface area contributed by atoms with Gasteiger partial charge < -0.3 is 9.47 Å². The van der Waals surface area contributed by atoms with Gasteiger partial charge in [0.25, 0.3) is 0 Å². The van der Waals surface area contributed by atoms with E-state index in [-0.39, 0.29) is 5.78 Å². The summed E-state index contributed by atoms with van der Waals surface area (Å²) in [6.45, 7) is 7.00. The zero-order valence-electron chi connectivity index (χ0n) is 11.1. The van der Waals surface area contributed by atoms with Crippen LogP contribution in [-0.2, 0) is 9.53 Å². The number of hydrogen-bond donors (Lipinski definition) is 0. The van der Waals surface area contributed by atoms with Crippen LogP contribution >= 0.6 is 0 Å². The van der Waals surface area contributed by atoms with Gasteiger partial charge in [-0.15, -0.1) is 0 Å². The second-order valence-corrected chi connectivity index (χ2v) is 4.07. The third kappa shape index (κ3) is 3.58. The standard InChI is InChI=1S/C14H18O4/c1-5-17-14(16)11(4)18-13-7-6-9(2)8-12(13)10(3)15/h6-8,11H,5H2,1-4H3. The maximum Gasteiger partial charge on any atom is 0.347 e. The fourth-order valence-corrected chi connectivity index (χ4v) is 1.52. The Balaban J connectivity index is 2.90. The molecule has 1 unspecified atom stereocenters. The first-order valence-electron chi connectivity index (χ1n) is 5.90. The molecule has 4 nitrogen and oxygen atoms in total. The third-order valence-electron chi connectivity index (χ3n) is 2.44. The van der Waals surface area contributed by atoms with Gasteiger partial charge >= 0.3 is 5.97 Å². The van der Waals surface area contributed by atoms with Crippen molar-refractivity contribution in [2.24, 2.45) is 0 Å². The normalized spacial score (nSPS) is 11.8. The number of benzene rings is 1. The summed E-state index contributed by atoms with van der Waals surface area (Å²) < 4.78 is 10.3. The lowest BCUT2D eigenvalue weighted by Gasteiger charge is -2.15. The molecule has 0 N–H and O–H groups in total. The highest BCUT2D eigenvalue weighted by Crippen LogP contribution is 2.22. The Hall–Kier alpha value is -1.84. The number of hydrogen-bond acceptors (Lipinski definition) is 4. The lowest BCUT2D eigenvalue weighted by molar-refractivity contribution is -0.150. The fourth-order valence-electron chi connectivity index (χ4n) is 1.52. The zero-order valence-corrected chi connectivity index (χ0v) is 11.1. The Bertz CT molecular complexity index is 451. The van der Waals surface area contributed by atoms with E-state index in [9.17, 15) is 9.59 Å². The number of ether oxygens (including phenoxy) is 2. The molecular formula is C14H18O4. The minimum absolute atomic E-state index is 0.0928. The van der Waals surface area contributed by atoms with E-state index in [1.807, 2.05) is 13.0 Å². The first-order valence-corrected chi connectivity index (χ1v) is 5.90. The van der Waals surface area contributed by atoms with Gasteiger partial charge in [-0.05, 0) is 39.8 Å². The molecule has 98 valence electrons. The average Bonchev–Trinajstić information content (AvgIpc) is 2.31. The van der Waals surface area contributed by atoms with Gasteiger partial charge in [-0.3, -0.25) is 4.79 Å². The Morgan fingerprint density at radius 3 is 2.56 bits per heavy atom. The van der Waals surface area contributed by atoms with Gasteiger partial charge in [-0.1, -0.05) is 11.6 Å². The molecule has 0 aromatic heterocycles. The second-order valence-electron chi connectivity index (χ2n) is 4.07. The highest BCUT2D eigenvalue weighted by molar-refractivity contribution is 5.97. The summed E-state index contributed by atoms with van der Waals surface area (Å²) in [5, 5.41) is 0. The summed E-state index contributed by atoms with van der Waals surface area (Å²) in [7, 11) is 0. The van der Waals surface area contributed by atoms with E-state index in [2.05, 4.69) is 0 Å². The molecule has 0 aliphatic rings. The molecule has 0 aliphatic heterocycles. The van der Waals surface area contributed by atoms with Crippen molar-refractivity contribution >= 4 is 11.8 Å². The molecule has 1 aromatic rings. The number of Topliss-reactive ketones (excluding diaryl/α,β-unsaturated/α-hetero) is 1. The molecular weight excluding hydrogens is 232 g/mol. The smallest absolute Gasteiger partial charge is 0.347 e. The molecule has 0 amide bonds. The quantitative estimate of drug-likeness (QED) is 0.595. The number of carbonyl (C=O) groups is 2. The van der Waals surface area contributed by atoms with E-state index >= 15 is 0 Å². The Kier molecular flexibility index (Phi) is 4.89. The predicted octanol–water partition coefficient (Wildman–Crippen LogP) is 2.53. The predicted molar refractivity (Wildman–Crippen MR) is 67.9 cm³/mol. The van der Waals surface area contributed by atoms with Crippen LogP contribution in [0.4, 0.5) is 0 Å². The highest BCUT2D eigenvalue weighted by Gasteiger charge is 2.18. The summed E-state index contributed by atoms with van der Waals surface area (Å²) in [6, 6.07) is 5.27. The summed E-state index contributed by atoms with van der Waals surface area (Å²) >= 11 is 0. The van der Waals surface area contributed by atoms with E-state index in [1.54, 1.807) is 26.0 Å². The SMILES string of the molecule is CCOC(=O)C(C)Oc1ccc(C)cc1C(C)=O. The van der Waals surface area contributed by atoms with Crippen molar-refractivity contribution in [2.45, 2.75) is 33.8 Å². The van der Waals surface area contributed by atoms with Crippen LogP contribution in [0, 0.1) is 6.92 Å². The minimum Gasteiger partial charge on any atom is -0.478 e. The maximum absolute atomic E-state index is 11.5. The van der Waals surface area contributed by atoms with Crippen LogP contribution < -0.4 is 4.74 Å². The Morgan fingerprint density at radius 1 is 1.33 bits per heavy atom. The maximum atomic E-state index is 11.5. The third-order valence-corrected chi connectivity index (χ3v) is 2.44. The molecule has 4 heteroatoms. The van der Waals surface area contributed by atoms with E-state index in [1.165, 1.54) is 6.92 Å². The van der Waals surface area contributed by atoms with Gasteiger partial charge in [-0.2, -0.15) is 0 Å². The molecule has 0 spiro atoms. The van der Waals surface area contributed by atoms with E-state index in [4.69, 9.17) is 9.47 Å². The molecule has 0 aliphatic carbocycles. The topological polar surface area (TPSA) is 52.6 Å². The lowest BCUT2D eigenvalue weighted by atomic mass is 10.1. The number of aryl methyl sites for hydroxylation is 1. The fraction of sp³-hybridized carbons (Fsp3) is 0.429. The van der Waals surface area contributed by atoms with Crippen LogP contribution in [-0.4, -0.2) is 24.5 Å². The van der Waals surface area contributed by atoms with Crippen molar-refractivity contribution in [3.8, 4) is 5.75 Å². The number of ketones is 1. The van der Waals surface area contributed by atoms with Crippen LogP contribution in [0.2, 0.25) is 0 Å². The van der Waals surface area contributed by atoms with Crippen molar-refractivity contribution in [2.75, 3.05) is 6.61 Å². The van der Waals surface area contributed by atoms with Gasteiger partial charge in [0, 0.05) is 0 Å². The van der Waals surface area contributed by atoms with Crippen molar-refractivity contribution < 1.29 is 19.1 Å². The zero-order chi connectivity index (χ0) is 13.7. The second kappa shape index (κ2) is 6.19. The highest BCUT2D eigenvalue weighted by atomic mass is 16.6. The van der Waals surface area contributed by atoms with Crippen molar-refractivity contribution in [3.63, 3.8) is 0 Å². The summed E-state index contributed by atoms with van der Waals surface area (Å²) in [5.41, 5.74) is 1.45. The van der Waals surface area contributed by atoms with Gasteiger partial charge in [0.2, 0.25) is 0 Å². The molecule has 0 fully saturated rings. The molecule has 0 saturated heterocycles. The van der Waals surface area contributed by atoms with Crippen molar-refractivity contribution in [1.29, 1.82) is 0 Å². The molecule has 18 heavy (non-hydrogen) atoms. The number of esters is 1. The van der Waals surface area contributed by atoms with E-state index in [0.29, 0.717) is 17.9 Å². The van der Waals surface area contributed by atoms with Crippen molar-refractivity contribution in [1.82, 2.24) is 0 Å². The lowest BCUT2D eigenvalue weighted by Crippen LogP contribution is -2.26. The van der Waals surface area contributed by atoms with Crippen LogP contribution in [0.1, 0.15) is 36.7 Å². The number of carbonyl (C=O) groups excluding carboxylic acids is 2. The molecule has 0 radical (unpaired) electrons. The Labute approximate surface area is 107 Å². The van der Waals surface area contributed by atoms with Gasteiger partial charge in [0.15, 0.2) is 11.9 Å². The summed E-state index contributed by atoms with van der Waals surface area (Å²) in [5.74, 6) is -0.119. The van der Waals surface area contributed by atoms with Crippen LogP contribution in [0.25, 0.3) is 0 Å². The monoisotopic (exact) mass is 250 g/mol. The number of rotatable bonds is 5.